The van der Waals surface area contributed by atoms with Crippen molar-refractivity contribution in [3.8, 4) is 22.5 Å². The van der Waals surface area contributed by atoms with Crippen LogP contribution in [0.4, 0.5) is 0 Å². The van der Waals surface area contributed by atoms with E-state index < -0.39 is 8.07 Å². The van der Waals surface area contributed by atoms with Crippen LogP contribution in [0.5, 0.6) is 0 Å². The van der Waals surface area contributed by atoms with Crippen LogP contribution in [-0.4, -0.2) is 17.2 Å². The first-order valence-corrected chi connectivity index (χ1v) is 21.3. The second-order valence-electron chi connectivity index (χ2n) is 15.7. The van der Waals surface area contributed by atoms with Crippen molar-refractivity contribution in [3.63, 3.8) is 0 Å². The first kappa shape index (κ1) is 33.2. The predicted octanol–water partition coefficient (Wildman–Crippen LogP) is 11.8. The molecule has 2 aromatic heterocycles. The van der Waals surface area contributed by atoms with Crippen LogP contribution in [0.1, 0.15) is 20.8 Å². The number of fused-ring (bicyclic) bond motifs is 6. The van der Waals surface area contributed by atoms with E-state index in [2.05, 4.69) is 230 Å². The van der Waals surface area contributed by atoms with E-state index in [0.717, 1.165) is 5.69 Å². The molecule has 0 unspecified atom stereocenters. The third-order valence-corrected chi connectivity index (χ3v) is 17.6. The maximum Gasteiger partial charge on any atom is 0.156 e. The minimum Gasteiger partial charge on any atom is -0.307 e. The zero-order chi connectivity index (χ0) is 37.1. The Balaban J connectivity index is 1.38. The van der Waals surface area contributed by atoms with Gasteiger partial charge in [-0.2, -0.15) is 0 Å². The number of aromatic nitrogens is 2. The molecular weight excluding hydrogens is 681 g/mol. The average molecular weight is 723 g/mol. The van der Waals surface area contributed by atoms with E-state index >= 15 is 0 Å². The molecule has 0 fully saturated rings. The Hall–Kier alpha value is -6.42. The van der Waals surface area contributed by atoms with Crippen LogP contribution in [0.3, 0.4) is 0 Å². The number of rotatable bonds is 6. The van der Waals surface area contributed by atoms with Crippen molar-refractivity contribution in [2.45, 2.75) is 25.8 Å². The van der Waals surface area contributed by atoms with E-state index in [4.69, 9.17) is 0 Å². The van der Waals surface area contributed by atoms with Gasteiger partial charge in [-0.25, -0.2) is 0 Å². The summed E-state index contributed by atoms with van der Waals surface area (Å²) in [5, 5.41) is 9.23. The van der Waals surface area contributed by atoms with Gasteiger partial charge >= 0.3 is 0 Å². The van der Waals surface area contributed by atoms with Gasteiger partial charge in [-0.3, -0.25) is 0 Å². The van der Waals surface area contributed by atoms with Crippen molar-refractivity contribution in [3.05, 3.63) is 200 Å². The maximum absolute atomic E-state index is 2.77. The molecule has 0 amide bonds. The summed E-state index contributed by atoms with van der Waals surface area (Å²) in [6.07, 6.45) is 0. The van der Waals surface area contributed by atoms with Gasteiger partial charge in [0.15, 0.2) is 8.07 Å². The number of nitrogens with zero attached hydrogens (tertiary/aromatic N) is 2. The molecule has 0 aliphatic rings. The predicted molar refractivity (Wildman–Crippen MR) is 238 cm³/mol. The zero-order valence-electron chi connectivity index (χ0n) is 31.4. The van der Waals surface area contributed by atoms with Crippen LogP contribution in [-0.2, 0) is 0 Å². The van der Waals surface area contributed by atoms with Gasteiger partial charge in [0, 0.05) is 27.2 Å². The molecule has 0 bridgehead atoms. The molecular formula is C52H42N2Si. The Morgan fingerprint density at radius 2 is 0.855 bits per heavy atom. The smallest absolute Gasteiger partial charge is 0.156 e. The van der Waals surface area contributed by atoms with E-state index in [1.54, 1.807) is 0 Å². The lowest BCUT2D eigenvalue weighted by Gasteiger charge is -2.45. The fourth-order valence-corrected chi connectivity index (χ4v) is 15.4. The van der Waals surface area contributed by atoms with E-state index in [1.165, 1.54) is 76.0 Å². The molecule has 0 radical (unpaired) electrons. The summed E-state index contributed by atoms with van der Waals surface area (Å²) in [7, 11) is -2.77. The molecule has 8 aromatic carbocycles. The average Bonchev–Trinajstić information content (AvgIpc) is 3.76. The summed E-state index contributed by atoms with van der Waals surface area (Å²) in [5.74, 6) is 0. The number of para-hydroxylation sites is 4. The van der Waals surface area contributed by atoms with Gasteiger partial charge in [-0.1, -0.05) is 191 Å². The molecule has 10 aromatic rings. The Morgan fingerprint density at radius 1 is 0.382 bits per heavy atom. The van der Waals surface area contributed by atoms with Gasteiger partial charge in [-0.15, -0.1) is 0 Å². The maximum atomic E-state index is 2.61. The molecule has 10 rings (SSSR count). The Morgan fingerprint density at radius 3 is 1.47 bits per heavy atom. The molecule has 3 heteroatoms. The van der Waals surface area contributed by atoms with Crippen LogP contribution in [0.2, 0.25) is 5.04 Å². The summed E-state index contributed by atoms with van der Waals surface area (Å²) in [6.45, 7) is 7.39. The van der Waals surface area contributed by atoms with Gasteiger partial charge in [0.25, 0.3) is 0 Å². The molecule has 0 aliphatic carbocycles. The normalized spacial score (nSPS) is 12.3. The third kappa shape index (κ3) is 5.00. The van der Waals surface area contributed by atoms with Crippen LogP contribution < -0.4 is 15.6 Å². The third-order valence-electron chi connectivity index (χ3n) is 11.8. The highest BCUT2D eigenvalue weighted by molar-refractivity contribution is 7.14. The molecule has 0 saturated heterocycles. The fraction of sp³-hybridized carbons (Fsp3) is 0.0769. The van der Waals surface area contributed by atoms with Crippen molar-refractivity contribution < 1.29 is 0 Å². The number of hydrogen-bond acceptors (Lipinski definition) is 0. The summed E-state index contributed by atoms with van der Waals surface area (Å²) < 4.78 is 5.11. The van der Waals surface area contributed by atoms with Crippen LogP contribution in [0.15, 0.2) is 200 Å². The number of hydrogen-bond donors (Lipinski definition) is 0. The van der Waals surface area contributed by atoms with Crippen molar-refractivity contribution in [1.82, 2.24) is 9.13 Å². The topological polar surface area (TPSA) is 9.86 Å². The monoisotopic (exact) mass is 722 g/mol. The van der Waals surface area contributed by atoms with Gasteiger partial charge in [0.05, 0.1) is 27.8 Å². The van der Waals surface area contributed by atoms with Crippen LogP contribution in [0.25, 0.3) is 66.1 Å². The SMILES string of the molecule is CC(C)(C)[Si](c1ccccc1)(c1ccccc1)c1cccc2c3ccccc3n(-c3cccc4c5ccccc5n(-c5cccc(-c6ccccc6)c5)c34)c12. The minimum atomic E-state index is -2.77. The largest absolute Gasteiger partial charge is 0.307 e. The molecule has 2 heterocycles. The summed E-state index contributed by atoms with van der Waals surface area (Å²) >= 11 is 0. The molecule has 55 heavy (non-hydrogen) atoms. The Labute approximate surface area is 323 Å². The molecule has 0 saturated carbocycles. The van der Waals surface area contributed by atoms with Crippen molar-refractivity contribution >= 4 is 67.2 Å². The zero-order valence-corrected chi connectivity index (χ0v) is 32.4. The highest BCUT2D eigenvalue weighted by Crippen LogP contribution is 2.42. The second-order valence-corrected chi connectivity index (χ2v) is 20.4. The van der Waals surface area contributed by atoms with Crippen LogP contribution in [0, 0.1) is 0 Å². The van der Waals surface area contributed by atoms with Gasteiger partial charge in [-0.05, 0) is 62.1 Å². The lowest BCUT2D eigenvalue weighted by molar-refractivity contribution is 0.739. The van der Waals surface area contributed by atoms with Gasteiger partial charge in [0.1, 0.15) is 0 Å². The Kier molecular flexibility index (Phi) is 7.76. The first-order valence-electron chi connectivity index (χ1n) is 19.3. The van der Waals surface area contributed by atoms with E-state index in [9.17, 15) is 0 Å². The number of benzene rings is 8. The molecule has 264 valence electrons. The first-order chi connectivity index (χ1) is 27.0. The van der Waals surface area contributed by atoms with Crippen LogP contribution >= 0.6 is 0 Å². The van der Waals surface area contributed by atoms with E-state index in [0.29, 0.717) is 0 Å². The highest BCUT2D eigenvalue weighted by Gasteiger charge is 2.50. The summed E-state index contributed by atoms with van der Waals surface area (Å²) in [4.78, 5) is 0. The van der Waals surface area contributed by atoms with E-state index in [-0.39, 0.29) is 5.04 Å². The van der Waals surface area contributed by atoms with Crippen molar-refractivity contribution in [2.24, 2.45) is 0 Å². The quantitative estimate of drug-likeness (QED) is 0.119. The lowest BCUT2D eigenvalue weighted by atomic mass is 10.1. The van der Waals surface area contributed by atoms with Gasteiger partial charge in [0.2, 0.25) is 0 Å². The molecule has 2 nitrogen and oxygen atoms in total. The lowest BCUT2D eigenvalue weighted by Crippen LogP contribution is -2.72. The summed E-state index contributed by atoms with van der Waals surface area (Å²) in [6, 6.07) is 74.3. The molecule has 0 N–H and O–H groups in total. The standard InChI is InChI=1S/C52H42N2Si/c1-52(2,3)55(40-24-9-5-10-25-40,41-26-11-6-12-27-41)49-35-19-31-45-43-29-14-16-33-47(43)54(51(45)49)48-34-18-30-44-42-28-13-15-32-46(42)53(50(44)48)39-23-17-22-38(36-39)37-20-7-4-8-21-37/h4-36H,1-3H3. The van der Waals surface area contributed by atoms with E-state index in [1.807, 2.05) is 0 Å². The highest BCUT2D eigenvalue weighted by atomic mass is 28.3. The minimum absolute atomic E-state index is 0.0793. The van der Waals surface area contributed by atoms with Gasteiger partial charge < -0.3 is 9.13 Å². The molecule has 0 spiro atoms. The fourth-order valence-electron chi connectivity index (χ4n) is 9.60. The molecule has 0 aliphatic heterocycles. The summed E-state index contributed by atoms with van der Waals surface area (Å²) in [5.41, 5.74) is 9.64. The molecule has 0 atom stereocenters. The second kappa shape index (κ2) is 12.9. The van der Waals surface area contributed by atoms with Crippen molar-refractivity contribution in [2.75, 3.05) is 0 Å². The Bertz CT molecular complexity index is 2960. The van der Waals surface area contributed by atoms with Crippen molar-refractivity contribution in [1.29, 1.82) is 0 Å².